The predicted molar refractivity (Wildman–Crippen MR) is 136 cm³/mol. The van der Waals surface area contributed by atoms with Crippen LogP contribution >= 0.6 is 12.2 Å². The molecule has 1 fully saturated rings. The van der Waals surface area contributed by atoms with E-state index in [1.165, 1.54) is 5.56 Å². The van der Waals surface area contributed by atoms with Gasteiger partial charge in [0.15, 0.2) is 5.11 Å². The third-order valence-electron chi connectivity index (χ3n) is 6.16. The van der Waals surface area contributed by atoms with Crippen molar-refractivity contribution < 1.29 is 0 Å². The Morgan fingerprint density at radius 3 is 2.33 bits per heavy atom. The topological polar surface area (TPSA) is 46.0 Å². The summed E-state index contributed by atoms with van der Waals surface area (Å²) in [6, 6.07) is 24.9. The van der Waals surface area contributed by atoms with Gasteiger partial charge in [-0.2, -0.15) is 0 Å². The molecule has 1 aliphatic heterocycles. The fourth-order valence-corrected chi connectivity index (χ4v) is 4.81. The van der Waals surface area contributed by atoms with Crippen LogP contribution in [0.4, 0.5) is 5.69 Å². The molecule has 2 atom stereocenters. The smallest absolute Gasteiger partial charge is 0.174 e. The summed E-state index contributed by atoms with van der Waals surface area (Å²) in [5.74, 6) is 0.482. The van der Waals surface area contributed by atoms with Crippen LogP contribution in [0.1, 0.15) is 54.5 Å². The van der Waals surface area contributed by atoms with E-state index in [0.29, 0.717) is 17.6 Å². The third-order valence-corrected chi connectivity index (χ3v) is 6.48. The van der Waals surface area contributed by atoms with Crippen LogP contribution in [0.3, 0.4) is 0 Å². The highest BCUT2D eigenvalue weighted by Gasteiger charge is 2.42. The van der Waals surface area contributed by atoms with Crippen molar-refractivity contribution in [1.29, 1.82) is 0 Å². The Morgan fingerprint density at radius 1 is 0.909 bits per heavy atom. The van der Waals surface area contributed by atoms with Gasteiger partial charge in [-0.05, 0) is 72.2 Å². The molecule has 5 rings (SSSR count). The van der Waals surface area contributed by atoms with Crippen molar-refractivity contribution in [2.24, 2.45) is 0 Å². The highest BCUT2D eigenvalue weighted by molar-refractivity contribution is 7.80. The number of rotatable bonds is 6. The van der Waals surface area contributed by atoms with Gasteiger partial charge >= 0.3 is 0 Å². The molecule has 3 aromatic heterocycles. The van der Waals surface area contributed by atoms with Gasteiger partial charge in [-0.1, -0.05) is 38.1 Å². The van der Waals surface area contributed by atoms with Gasteiger partial charge in [-0.3, -0.25) is 9.97 Å². The van der Waals surface area contributed by atoms with E-state index < -0.39 is 0 Å². The summed E-state index contributed by atoms with van der Waals surface area (Å²) in [4.78, 5) is 11.4. The van der Waals surface area contributed by atoms with Gasteiger partial charge in [0, 0.05) is 30.0 Å². The quantitative estimate of drug-likeness (QED) is 0.384. The molecule has 1 aromatic carbocycles. The minimum atomic E-state index is -0.0687. The molecule has 4 aromatic rings. The van der Waals surface area contributed by atoms with Crippen molar-refractivity contribution in [2.45, 2.75) is 38.4 Å². The molecule has 1 aliphatic rings. The lowest BCUT2D eigenvalue weighted by Gasteiger charge is -2.29. The largest absolute Gasteiger partial charge is 0.351 e. The standard InChI is InChI=1S/C27H27N5S/c1-19(2)20-11-13-22(14-12-20)32-26(25(30-27(32)33)23-9-4-6-16-29-23)24-10-7-17-31(24)18-21-8-3-5-15-28-21/h3-17,19,25-26H,18H2,1-2H3,(H,30,33)/t25-,26+/m0/s1. The van der Waals surface area contributed by atoms with Gasteiger partial charge in [0.05, 0.1) is 24.0 Å². The van der Waals surface area contributed by atoms with Crippen LogP contribution in [0.15, 0.2) is 91.4 Å². The van der Waals surface area contributed by atoms with Crippen molar-refractivity contribution in [3.05, 3.63) is 114 Å². The fourth-order valence-electron chi connectivity index (χ4n) is 4.46. The molecule has 0 bridgehead atoms. The van der Waals surface area contributed by atoms with Crippen LogP contribution in [-0.4, -0.2) is 19.6 Å². The zero-order chi connectivity index (χ0) is 22.8. The van der Waals surface area contributed by atoms with Crippen LogP contribution in [0.5, 0.6) is 0 Å². The molecule has 0 amide bonds. The van der Waals surface area contributed by atoms with Crippen LogP contribution in [0.25, 0.3) is 0 Å². The summed E-state index contributed by atoms with van der Waals surface area (Å²) >= 11 is 5.87. The lowest BCUT2D eigenvalue weighted by molar-refractivity contribution is 0.532. The maximum Gasteiger partial charge on any atom is 0.174 e. The molecular formula is C27H27N5S. The fraction of sp³-hybridized carbons (Fsp3) is 0.222. The number of nitrogens with zero attached hydrogens (tertiary/aromatic N) is 4. The molecule has 0 saturated carbocycles. The normalized spacial score (nSPS) is 18.0. The number of benzene rings is 1. The third kappa shape index (κ3) is 4.26. The molecule has 1 N–H and O–H groups in total. The Morgan fingerprint density at radius 2 is 1.67 bits per heavy atom. The second-order valence-electron chi connectivity index (χ2n) is 8.62. The summed E-state index contributed by atoms with van der Waals surface area (Å²) in [5, 5.41) is 4.26. The first kappa shape index (κ1) is 21.3. The number of thiocarbonyl (C=S) groups is 1. The van der Waals surface area contributed by atoms with Crippen LogP contribution in [-0.2, 0) is 6.54 Å². The van der Waals surface area contributed by atoms with E-state index >= 15 is 0 Å². The summed E-state index contributed by atoms with van der Waals surface area (Å²) < 4.78 is 2.26. The van der Waals surface area contributed by atoms with E-state index in [1.807, 2.05) is 36.7 Å². The van der Waals surface area contributed by atoms with E-state index in [4.69, 9.17) is 12.2 Å². The maximum absolute atomic E-state index is 5.87. The molecule has 4 heterocycles. The molecule has 0 spiro atoms. The first-order valence-corrected chi connectivity index (χ1v) is 11.7. The van der Waals surface area contributed by atoms with Crippen LogP contribution < -0.4 is 10.2 Å². The van der Waals surface area contributed by atoms with Gasteiger partial charge in [-0.15, -0.1) is 0 Å². The highest BCUT2D eigenvalue weighted by Crippen LogP contribution is 2.41. The lowest BCUT2D eigenvalue weighted by Crippen LogP contribution is -2.30. The van der Waals surface area contributed by atoms with E-state index in [9.17, 15) is 0 Å². The maximum atomic E-state index is 5.87. The summed E-state index contributed by atoms with van der Waals surface area (Å²) in [6.07, 6.45) is 5.79. The van der Waals surface area contributed by atoms with E-state index in [2.05, 4.69) is 93.3 Å². The van der Waals surface area contributed by atoms with Crippen molar-refractivity contribution in [2.75, 3.05) is 4.90 Å². The second-order valence-corrected chi connectivity index (χ2v) is 9.01. The number of pyridine rings is 2. The summed E-state index contributed by atoms with van der Waals surface area (Å²) in [7, 11) is 0. The highest BCUT2D eigenvalue weighted by atomic mass is 32.1. The Kier molecular flexibility index (Phi) is 5.92. The average Bonchev–Trinajstić information content (AvgIpc) is 3.44. The number of aromatic nitrogens is 3. The number of anilines is 1. The molecular weight excluding hydrogens is 426 g/mol. The van der Waals surface area contributed by atoms with Crippen molar-refractivity contribution in [3.63, 3.8) is 0 Å². The molecule has 166 valence electrons. The van der Waals surface area contributed by atoms with E-state index in [-0.39, 0.29) is 12.1 Å². The number of nitrogens with one attached hydrogen (secondary N) is 1. The SMILES string of the molecule is CC(C)c1ccc(N2C(=S)N[C@@H](c3ccccn3)[C@H]2c2cccn2Cc2ccccn2)cc1. The van der Waals surface area contributed by atoms with Crippen molar-refractivity contribution >= 4 is 23.0 Å². The lowest BCUT2D eigenvalue weighted by atomic mass is 9.99. The van der Waals surface area contributed by atoms with E-state index in [0.717, 1.165) is 22.8 Å². The van der Waals surface area contributed by atoms with Crippen molar-refractivity contribution in [3.8, 4) is 0 Å². The Labute approximate surface area is 200 Å². The molecule has 0 radical (unpaired) electrons. The Hall–Kier alpha value is -3.51. The monoisotopic (exact) mass is 453 g/mol. The van der Waals surface area contributed by atoms with Gasteiger partial charge in [0.1, 0.15) is 6.04 Å². The molecule has 0 aliphatic carbocycles. The first-order valence-electron chi connectivity index (χ1n) is 11.3. The minimum Gasteiger partial charge on any atom is -0.351 e. The summed E-state index contributed by atoms with van der Waals surface area (Å²) in [5.41, 5.74) is 5.54. The number of hydrogen-bond acceptors (Lipinski definition) is 3. The second kappa shape index (κ2) is 9.16. The molecule has 33 heavy (non-hydrogen) atoms. The van der Waals surface area contributed by atoms with Crippen LogP contribution in [0.2, 0.25) is 0 Å². The summed E-state index contributed by atoms with van der Waals surface area (Å²) in [6.45, 7) is 5.12. The van der Waals surface area contributed by atoms with Gasteiger partial charge in [-0.25, -0.2) is 0 Å². The molecule has 1 saturated heterocycles. The zero-order valence-corrected chi connectivity index (χ0v) is 19.6. The number of hydrogen-bond donors (Lipinski definition) is 1. The Balaban J connectivity index is 1.58. The van der Waals surface area contributed by atoms with Crippen molar-refractivity contribution in [1.82, 2.24) is 19.9 Å². The Bertz CT molecular complexity index is 1220. The molecule has 5 nitrogen and oxygen atoms in total. The van der Waals surface area contributed by atoms with Gasteiger partial charge in [0.25, 0.3) is 0 Å². The van der Waals surface area contributed by atoms with E-state index in [1.54, 1.807) is 0 Å². The average molecular weight is 454 g/mol. The first-order chi connectivity index (χ1) is 16.1. The molecule has 6 heteroatoms. The van der Waals surface area contributed by atoms with Gasteiger partial charge in [0.2, 0.25) is 0 Å². The predicted octanol–water partition coefficient (Wildman–Crippen LogP) is 5.63. The van der Waals surface area contributed by atoms with Crippen LogP contribution in [0, 0.1) is 0 Å². The van der Waals surface area contributed by atoms with Gasteiger partial charge < -0.3 is 14.8 Å². The molecule has 0 unspecified atom stereocenters. The zero-order valence-electron chi connectivity index (χ0n) is 18.8. The minimum absolute atomic E-state index is 0.0454.